The van der Waals surface area contributed by atoms with Gasteiger partial charge in [0, 0.05) is 30.6 Å². The van der Waals surface area contributed by atoms with Crippen LogP contribution >= 0.6 is 0 Å². The largest absolute Gasteiger partial charge is 0.419 e. The smallest absolute Gasteiger partial charge is 0.349 e. The fourth-order valence-corrected chi connectivity index (χ4v) is 2.76. The third-order valence-corrected chi connectivity index (χ3v) is 4.17. The van der Waals surface area contributed by atoms with Gasteiger partial charge in [0.1, 0.15) is 5.82 Å². The van der Waals surface area contributed by atoms with Crippen LogP contribution in [0.25, 0.3) is 0 Å². The van der Waals surface area contributed by atoms with Gasteiger partial charge in [0.05, 0.1) is 5.56 Å². The molecule has 1 aromatic rings. The molecule has 0 bridgehead atoms. The quantitative estimate of drug-likeness (QED) is 0.842. The van der Waals surface area contributed by atoms with Gasteiger partial charge in [-0.05, 0) is 31.0 Å². The van der Waals surface area contributed by atoms with Gasteiger partial charge in [-0.25, -0.2) is 4.39 Å². The minimum absolute atomic E-state index is 0.0399. The number of rotatable bonds is 3. The highest BCUT2D eigenvalue weighted by Gasteiger charge is 2.35. The van der Waals surface area contributed by atoms with Crippen LogP contribution in [0.4, 0.5) is 17.6 Å². The molecule has 8 heteroatoms. The summed E-state index contributed by atoms with van der Waals surface area (Å²) in [5, 5.41) is 2.66. The fraction of sp³-hybridized carbons (Fsp3) is 0.529. The van der Waals surface area contributed by atoms with Crippen LogP contribution in [0.3, 0.4) is 0 Å². The van der Waals surface area contributed by atoms with Crippen LogP contribution in [0.15, 0.2) is 18.2 Å². The first-order valence-electron chi connectivity index (χ1n) is 8.06. The number of piperidine rings is 1. The Hall–Kier alpha value is -2.12. The first-order chi connectivity index (χ1) is 11.6. The predicted octanol–water partition coefficient (Wildman–Crippen LogP) is 3.22. The van der Waals surface area contributed by atoms with Crippen molar-refractivity contribution in [3.8, 4) is 0 Å². The molecular formula is C17H20F4N2O2. The average Bonchev–Trinajstić information content (AvgIpc) is 2.54. The van der Waals surface area contributed by atoms with E-state index < -0.39 is 23.5 Å². The standard InChI is InChI=1S/C17H20F4N2O2/c1-10(2)16(25)23-7-5-12(6-8-23)22-15(24)11-3-4-14(18)13(9-11)17(19,20)21/h3-4,9-10,12H,5-8H2,1-2H3,(H,22,24). The van der Waals surface area contributed by atoms with E-state index >= 15 is 0 Å². The van der Waals surface area contributed by atoms with E-state index in [9.17, 15) is 27.2 Å². The second-order valence-electron chi connectivity index (χ2n) is 6.42. The number of hydrogen-bond donors (Lipinski definition) is 1. The van der Waals surface area contributed by atoms with E-state index in [1.54, 1.807) is 4.90 Å². The minimum Gasteiger partial charge on any atom is -0.349 e. The Balaban J connectivity index is 1.99. The van der Waals surface area contributed by atoms with Gasteiger partial charge >= 0.3 is 6.18 Å². The van der Waals surface area contributed by atoms with Gasteiger partial charge in [0.25, 0.3) is 5.91 Å². The van der Waals surface area contributed by atoms with Crippen molar-refractivity contribution >= 4 is 11.8 Å². The molecule has 0 atom stereocenters. The van der Waals surface area contributed by atoms with E-state index in [1.165, 1.54) is 0 Å². The molecule has 0 aromatic heterocycles. The summed E-state index contributed by atoms with van der Waals surface area (Å²) in [5.74, 6) is -2.16. The van der Waals surface area contributed by atoms with Crippen LogP contribution < -0.4 is 5.32 Å². The summed E-state index contributed by atoms with van der Waals surface area (Å²) in [6, 6.07) is 1.95. The van der Waals surface area contributed by atoms with Crippen LogP contribution in [-0.2, 0) is 11.0 Å². The van der Waals surface area contributed by atoms with Crippen molar-refractivity contribution < 1.29 is 27.2 Å². The summed E-state index contributed by atoms with van der Waals surface area (Å²) >= 11 is 0. The van der Waals surface area contributed by atoms with E-state index in [0.29, 0.717) is 38.1 Å². The molecule has 0 unspecified atom stereocenters. The zero-order valence-electron chi connectivity index (χ0n) is 14.0. The molecule has 1 saturated heterocycles. The lowest BCUT2D eigenvalue weighted by atomic mass is 10.0. The maximum Gasteiger partial charge on any atom is 0.419 e. The first kappa shape index (κ1) is 19.2. The van der Waals surface area contributed by atoms with E-state index in [4.69, 9.17) is 0 Å². The van der Waals surface area contributed by atoms with Crippen molar-refractivity contribution in [2.24, 2.45) is 5.92 Å². The summed E-state index contributed by atoms with van der Waals surface area (Å²) in [6.07, 6.45) is -3.81. The molecule has 138 valence electrons. The number of alkyl halides is 3. The molecule has 0 spiro atoms. The lowest BCUT2D eigenvalue weighted by Gasteiger charge is -2.33. The summed E-state index contributed by atoms with van der Waals surface area (Å²) in [7, 11) is 0. The van der Waals surface area contributed by atoms with E-state index in [2.05, 4.69) is 5.32 Å². The number of nitrogens with zero attached hydrogens (tertiary/aromatic N) is 1. The van der Waals surface area contributed by atoms with Gasteiger partial charge in [0.2, 0.25) is 5.91 Å². The van der Waals surface area contributed by atoms with E-state index in [1.807, 2.05) is 13.8 Å². The summed E-state index contributed by atoms with van der Waals surface area (Å²) in [5.41, 5.74) is -1.70. The number of carbonyl (C=O) groups excluding carboxylic acids is 2. The number of hydrogen-bond acceptors (Lipinski definition) is 2. The molecule has 4 nitrogen and oxygen atoms in total. The Labute approximate surface area is 143 Å². The van der Waals surface area contributed by atoms with Crippen molar-refractivity contribution in [3.05, 3.63) is 35.1 Å². The molecule has 1 N–H and O–H groups in total. The lowest BCUT2D eigenvalue weighted by Crippen LogP contribution is -2.47. The van der Waals surface area contributed by atoms with Crippen LogP contribution in [-0.4, -0.2) is 35.8 Å². The van der Waals surface area contributed by atoms with Crippen LogP contribution in [0, 0.1) is 11.7 Å². The third kappa shape index (κ3) is 4.70. The fourth-order valence-electron chi connectivity index (χ4n) is 2.76. The summed E-state index contributed by atoms with van der Waals surface area (Å²) < 4.78 is 51.5. The van der Waals surface area contributed by atoms with Crippen molar-refractivity contribution in [2.45, 2.75) is 38.9 Å². The number of halogens is 4. The van der Waals surface area contributed by atoms with Crippen molar-refractivity contribution in [1.29, 1.82) is 0 Å². The number of benzene rings is 1. The molecule has 1 aromatic carbocycles. The van der Waals surface area contributed by atoms with Crippen LogP contribution in [0.2, 0.25) is 0 Å². The van der Waals surface area contributed by atoms with E-state index in [-0.39, 0.29) is 23.4 Å². The second kappa shape index (κ2) is 7.41. The predicted molar refractivity (Wildman–Crippen MR) is 83.3 cm³/mol. The zero-order chi connectivity index (χ0) is 18.8. The lowest BCUT2D eigenvalue weighted by molar-refractivity contribution is -0.140. The number of likely N-dealkylation sites (tertiary alicyclic amines) is 1. The molecule has 1 heterocycles. The Morgan fingerprint density at radius 2 is 1.80 bits per heavy atom. The topological polar surface area (TPSA) is 49.4 Å². The van der Waals surface area contributed by atoms with Crippen LogP contribution in [0.5, 0.6) is 0 Å². The Bertz CT molecular complexity index is 651. The first-order valence-corrected chi connectivity index (χ1v) is 8.06. The third-order valence-electron chi connectivity index (χ3n) is 4.17. The van der Waals surface area contributed by atoms with Crippen molar-refractivity contribution in [1.82, 2.24) is 10.2 Å². The Morgan fingerprint density at radius 1 is 1.20 bits per heavy atom. The van der Waals surface area contributed by atoms with Crippen molar-refractivity contribution in [2.75, 3.05) is 13.1 Å². The second-order valence-corrected chi connectivity index (χ2v) is 6.42. The molecule has 1 aliphatic rings. The molecule has 0 aliphatic carbocycles. The molecule has 1 fully saturated rings. The molecule has 0 radical (unpaired) electrons. The highest BCUT2D eigenvalue weighted by atomic mass is 19.4. The number of amides is 2. The molecule has 0 saturated carbocycles. The van der Waals surface area contributed by atoms with Crippen LogP contribution in [0.1, 0.15) is 42.6 Å². The molecular weight excluding hydrogens is 340 g/mol. The monoisotopic (exact) mass is 360 g/mol. The molecule has 1 aliphatic heterocycles. The van der Waals surface area contributed by atoms with Crippen molar-refractivity contribution in [3.63, 3.8) is 0 Å². The molecule has 25 heavy (non-hydrogen) atoms. The normalized spacial score (nSPS) is 16.2. The highest BCUT2D eigenvalue weighted by molar-refractivity contribution is 5.94. The maximum absolute atomic E-state index is 13.3. The highest BCUT2D eigenvalue weighted by Crippen LogP contribution is 2.32. The van der Waals surface area contributed by atoms with Gasteiger partial charge in [-0.3, -0.25) is 9.59 Å². The zero-order valence-corrected chi connectivity index (χ0v) is 14.0. The Kier molecular flexibility index (Phi) is 5.69. The number of nitrogens with one attached hydrogen (secondary N) is 1. The van der Waals surface area contributed by atoms with Gasteiger partial charge < -0.3 is 10.2 Å². The molecule has 2 rings (SSSR count). The van der Waals surface area contributed by atoms with Gasteiger partial charge in [-0.2, -0.15) is 13.2 Å². The van der Waals surface area contributed by atoms with Gasteiger partial charge in [-0.15, -0.1) is 0 Å². The van der Waals surface area contributed by atoms with Gasteiger partial charge in [-0.1, -0.05) is 13.8 Å². The molecule has 2 amide bonds. The minimum atomic E-state index is -4.86. The van der Waals surface area contributed by atoms with Gasteiger partial charge in [0.15, 0.2) is 0 Å². The summed E-state index contributed by atoms with van der Waals surface area (Å²) in [6.45, 7) is 4.59. The number of carbonyl (C=O) groups is 2. The SMILES string of the molecule is CC(C)C(=O)N1CCC(NC(=O)c2ccc(F)c(C(F)(F)F)c2)CC1. The Morgan fingerprint density at radius 3 is 2.32 bits per heavy atom. The average molecular weight is 360 g/mol. The summed E-state index contributed by atoms with van der Waals surface area (Å²) in [4.78, 5) is 25.8. The van der Waals surface area contributed by atoms with E-state index in [0.717, 1.165) is 6.07 Å². The maximum atomic E-state index is 13.3.